The van der Waals surface area contributed by atoms with Crippen LogP contribution in [0.1, 0.15) is 25.7 Å². The molecule has 3 rings (SSSR count). The van der Waals surface area contributed by atoms with Crippen molar-refractivity contribution in [3.8, 4) is 6.01 Å². The molecule has 1 aliphatic carbocycles. The molecule has 1 saturated heterocycles. The van der Waals surface area contributed by atoms with Crippen molar-refractivity contribution in [2.75, 3.05) is 13.1 Å². The van der Waals surface area contributed by atoms with Crippen molar-refractivity contribution in [1.82, 2.24) is 14.9 Å². The van der Waals surface area contributed by atoms with Gasteiger partial charge in [0.15, 0.2) is 0 Å². The molecule has 18 heavy (non-hydrogen) atoms. The first kappa shape index (κ1) is 11.4. The van der Waals surface area contributed by atoms with Crippen LogP contribution in [0.3, 0.4) is 0 Å². The summed E-state index contributed by atoms with van der Waals surface area (Å²) in [5.41, 5.74) is 0. The highest BCUT2D eigenvalue weighted by Gasteiger charge is 2.32. The average Bonchev–Trinajstić information content (AvgIpc) is 3.07. The molecule has 0 N–H and O–H groups in total. The second-order valence-electron chi connectivity index (χ2n) is 5.05. The molecule has 0 aromatic carbocycles. The molecule has 0 spiro atoms. The quantitative estimate of drug-likeness (QED) is 0.803. The van der Waals surface area contributed by atoms with Gasteiger partial charge < -0.3 is 9.64 Å². The van der Waals surface area contributed by atoms with E-state index in [4.69, 9.17) is 4.74 Å². The Morgan fingerprint density at radius 1 is 1.33 bits per heavy atom. The number of nitrogens with zero attached hydrogens (tertiary/aromatic N) is 3. The normalized spacial score (nSPS) is 23.1. The highest BCUT2D eigenvalue weighted by molar-refractivity contribution is 5.77. The molecule has 2 fully saturated rings. The molecule has 0 unspecified atom stereocenters. The third-order valence-corrected chi connectivity index (χ3v) is 3.47. The lowest BCUT2D eigenvalue weighted by Gasteiger charge is -2.16. The fourth-order valence-corrected chi connectivity index (χ4v) is 2.24. The summed E-state index contributed by atoms with van der Waals surface area (Å²) in [5, 5.41) is 0. The van der Waals surface area contributed by atoms with E-state index in [0.717, 1.165) is 13.0 Å². The molecule has 1 saturated carbocycles. The molecule has 5 nitrogen and oxygen atoms in total. The predicted molar refractivity (Wildman–Crippen MR) is 65.0 cm³/mol. The number of carbonyl (C=O) groups is 1. The number of likely N-dealkylation sites (tertiary alicyclic amines) is 1. The lowest BCUT2D eigenvalue weighted by atomic mass is 10.2. The minimum atomic E-state index is 0.0375. The van der Waals surface area contributed by atoms with Crippen LogP contribution in [-0.2, 0) is 4.79 Å². The molecule has 2 aliphatic rings. The first-order valence-electron chi connectivity index (χ1n) is 6.53. The van der Waals surface area contributed by atoms with E-state index in [1.807, 2.05) is 4.90 Å². The van der Waals surface area contributed by atoms with E-state index in [2.05, 4.69) is 9.97 Å². The standard InChI is InChI=1S/C13H17N3O2/c17-12(8-10-2-3-10)16-7-4-11(9-16)18-13-14-5-1-6-15-13/h1,5-6,10-11H,2-4,7-9H2/t11-/m0/s1. The molecule has 5 heteroatoms. The molecule has 96 valence electrons. The Kier molecular flexibility index (Phi) is 3.13. The molecule has 2 heterocycles. The van der Waals surface area contributed by atoms with Crippen molar-refractivity contribution in [2.24, 2.45) is 5.92 Å². The summed E-state index contributed by atoms with van der Waals surface area (Å²) in [6, 6.07) is 2.16. The van der Waals surface area contributed by atoms with E-state index in [0.29, 0.717) is 24.9 Å². The number of amides is 1. The van der Waals surface area contributed by atoms with Crippen molar-refractivity contribution < 1.29 is 9.53 Å². The van der Waals surface area contributed by atoms with Crippen molar-refractivity contribution in [3.05, 3.63) is 18.5 Å². The van der Waals surface area contributed by atoms with Crippen molar-refractivity contribution in [2.45, 2.75) is 31.8 Å². The minimum absolute atomic E-state index is 0.0375. The summed E-state index contributed by atoms with van der Waals surface area (Å²) in [5.74, 6) is 0.924. The number of carbonyl (C=O) groups excluding carboxylic acids is 1. The van der Waals surface area contributed by atoms with Crippen LogP contribution in [0.4, 0.5) is 0 Å². The maximum Gasteiger partial charge on any atom is 0.316 e. The van der Waals surface area contributed by atoms with Gasteiger partial charge in [-0.15, -0.1) is 0 Å². The van der Waals surface area contributed by atoms with Crippen LogP contribution in [0.25, 0.3) is 0 Å². The topological polar surface area (TPSA) is 55.3 Å². The number of rotatable bonds is 4. The second kappa shape index (κ2) is 4.92. The van der Waals surface area contributed by atoms with E-state index >= 15 is 0 Å². The SMILES string of the molecule is O=C(CC1CC1)N1CC[C@H](Oc2ncccn2)C1. The third-order valence-electron chi connectivity index (χ3n) is 3.47. The summed E-state index contributed by atoms with van der Waals surface area (Å²) in [4.78, 5) is 21.9. The van der Waals surface area contributed by atoms with Gasteiger partial charge >= 0.3 is 6.01 Å². The van der Waals surface area contributed by atoms with Crippen molar-refractivity contribution in [3.63, 3.8) is 0 Å². The Balaban J connectivity index is 1.50. The summed E-state index contributed by atoms with van der Waals surface area (Å²) >= 11 is 0. The summed E-state index contributed by atoms with van der Waals surface area (Å²) in [7, 11) is 0. The number of hydrogen-bond acceptors (Lipinski definition) is 4. The van der Waals surface area contributed by atoms with E-state index in [1.54, 1.807) is 18.5 Å². The van der Waals surface area contributed by atoms with Crippen LogP contribution in [0.15, 0.2) is 18.5 Å². The van der Waals surface area contributed by atoms with Gasteiger partial charge in [0, 0.05) is 31.8 Å². The molecule has 1 aliphatic heterocycles. The minimum Gasteiger partial charge on any atom is -0.458 e. The largest absolute Gasteiger partial charge is 0.458 e. The van der Waals surface area contributed by atoms with Gasteiger partial charge in [-0.05, 0) is 24.8 Å². The third kappa shape index (κ3) is 2.78. The van der Waals surface area contributed by atoms with Gasteiger partial charge in [-0.3, -0.25) is 4.79 Å². The second-order valence-corrected chi connectivity index (χ2v) is 5.05. The van der Waals surface area contributed by atoms with Crippen LogP contribution in [0.5, 0.6) is 6.01 Å². The van der Waals surface area contributed by atoms with Gasteiger partial charge in [0.05, 0.1) is 6.54 Å². The molecule has 1 aromatic heterocycles. The zero-order chi connectivity index (χ0) is 12.4. The summed E-state index contributed by atoms with van der Waals surface area (Å²) in [6.45, 7) is 1.47. The summed E-state index contributed by atoms with van der Waals surface area (Å²) in [6.07, 6.45) is 7.38. The van der Waals surface area contributed by atoms with E-state index < -0.39 is 0 Å². The van der Waals surface area contributed by atoms with Crippen LogP contribution in [0.2, 0.25) is 0 Å². The number of hydrogen-bond donors (Lipinski definition) is 0. The Labute approximate surface area is 106 Å². The number of aromatic nitrogens is 2. The van der Waals surface area contributed by atoms with Gasteiger partial charge in [0.1, 0.15) is 6.10 Å². The molecular formula is C13H17N3O2. The van der Waals surface area contributed by atoms with Gasteiger partial charge in [-0.25, -0.2) is 9.97 Å². The Morgan fingerprint density at radius 2 is 2.11 bits per heavy atom. The van der Waals surface area contributed by atoms with Crippen LogP contribution >= 0.6 is 0 Å². The predicted octanol–water partition coefficient (Wildman–Crippen LogP) is 1.26. The molecule has 1 atom stereocenters. The van der Waals surface area contributed by atoms with Crippen LogP contribution in [-0.4, -0.2) is 40.0 Å². The monoisotopic (exact) mass is 247 g/mol. The van der Waals surface area contributed by atoms with E-state index in [9.17, 15) is 4.79 Å². The van der Waals surface area contributed by atoms with Gasteiger partial charge in [0.2, 0.25) is 5.91 Å². The maximum atomic E-state index is 11.9. The smallest absolute Gasteiger partial charge is 0.316 e. The Morgan fingerprint density at radius 3 is 2.83 bits per heavy atom. The fraction of sp³-hybridized carbons (Fsp3) is 0.615. The highest BCUT2D eigenvalue weighted by Crippen LogP contribution is 2.33. The molecular weight excluding hydrogens is 230 g/mol. The van der Waals surface area contributed by atoms with E-state index in [-0.39, 0.29) is 12.0 Å². The molecule has 1 aromatic rings. The number of ether oxygens (including phenoxy) is 1. The Hall–Kier alpha value is -1.65. The average molecular weight is 247 g/mol. The first-order valence-corrected chi connectivity index (χ1v) is 6.53. The van der Waals surface area contributed by atoms with Crippen LogP contribution in [0, 0.1) is 5.92 Å². The fourth-order valence-electron chi connectivity index (χ4n) is 2.24. The van der Waals surface area contributed by atoms with Gasteiger partial charge in [-0.1, -0.05) is 0 Å². The zero-order valence-electron chi connectivity index (χ0n) is 10.3. The van der Waals surface area contributed by atoms with Crippen molar-refractivity contribution >= 4 is 5.91 Å². The van der Waals surface area contributed by atoms with Crippen LogP contribution < -0.4 is 4.74 Å². The molecule has 0 radical (unpaired) electrons. The Bertz CT molecular complexity index is 420. The van der Waals surface area contributed by atoms with Gasteiger partial charge in [0.25, 0.3) is 0 Å². The van der Waals surface area contributed by atoms with Crippen molar-refractivity contribution in [1.29, 1.82) is 0 Å². The lowest BCUT2D eigenvalue weighted by molar-refractivity contribution is -0.130. The maximum absolute atomic E-state index is 11.9. The molecule has 0 bridgehead atoms. The van der Waals surface area contributed by atoms with Gasteiger partial charge in [-0.2, -0.15) is 0 Å². The first-order chi connectivity index (χ1) is 8.81. The summed E-state index contributed by atoms with van der Waals surface area (Å²) < 4.78 is 5.66. The zero-order valence-corrected chi connectivity index (χ0v) is 10.3. The molecule has 1 amide bonds. The van der Waals surface area contributed by atoms with E-state index in [1.165, 1.54) is 12.8 Å². The lowest BCUT2D eigenvalue weighted by Crippen LogP contribution is -2.31. The highest BCUT2D eigenvalue weighted by atomic mass is 16.5.